The zero-order valence-electron chi connectivity index (χ0n) is 12.3. The van der Waals surface area contributed by atoms with Gasteiger partial charge in [0.1, 0.15) is 0 Å². The van der Waals surface area contributed by atoms with E-state index in [4.69, 9.17) is 0 Å². The van der Waals surface area contributed by atoms with Crippen molar-refractivity contribution in [3.05, 3.63) is 78.1 Å². The van der Waals surface area contributed by atoms with E-state index in [1.807, 2.05) is 25.5 Å². The predicted molar refractivity (Wildman–Crippen MR) is 88.3 cm³/mol. The monoisotopic (exact) mass is 276 g/mol. The minimum Gasteiger partial charge on any atom is -0.313 e. The molecule has 1 heterocycles. The van der Waals surface area contributed by atoms with Gasteiger partial charge >= 0.3 is 0 Å². The molecule has 2 heteroatoms. The lowest BCUT2D eigenvalue weighted by Gasteiger charge is -2.17. The number of pyridine rings is 1. The number of aromatic nitrogens is 1. The predicted octanol–water partition coefficient (Wildman–Crippen LogP) is 4.13. The van der Waals surface area contributed by atoms with Crippen LogP contribution < -0.4 is 5.32 Å². The van der Waals surface area contributed by atoms with Crippen LogP contribution >= 0.6 is 0 Å². The summed E-state index contributed by atoms with van der Waals surface area (Å²) in [5.74, 6) is 0. The van der Waals surface area contributed by atoms with Crippen molar-refractivity contribution in [2.75, 3.05) is 7.05 Å². The van der Waals surface area contributed by atoms with Gasteiger partial charge in [-0.1, -0.05) is 42.5 Å². The first-order chi connectivity index (χ1) is 10.4. The summed E-state index contributed by atoms with van der Waals surface area (Å²) < 4.78 is 0. The Morgan fingerprint density at radius 1 is 1.00 bits per heavy atom. The molecule has 106 valence electrons. The van der Waals surface area contributed by atoms with Gasteiger partial charge in [0, 0.05) is 18.4 Å². The Kier molecular flexibility index (Phi) is 4.27. The van der Waals surface area contributed by atoms with Crippen LogP contribution in [0.4, 0.5) is 0 Å². The Morgan fingerprint density at radius 2 is 1.86 bits per heavy atom. The average Bonchev–Trinajstić information content (AvgIpc) is 2.56. The Hall–Kier alpha value is -2.19. The van der Waals surface area contributed by atoms with Crippen LogP contribution in [0.5, 0.6) is 0 Å². The first-order valence-corrected chi connectivity index (χ1v) is 7.41. The van der Waals surface area contributed by atoms with Gasteiger partial charge in [-0.2, -0.15) is 0 Å². The fraction of sp³-hybridized carbons (Fsp3) is 0.211. The van der Waals surface area contributed by atoms with Crippen LogP contribution in [0.25, 0.3) is 10.8 Å². The molecule has 0 saturated carbocycles. The maximum Gasteiger partial charge on any atom is 0.0320 e. The van der Waals surface area contributed by atoms with E-state index in [1.165, 1.54) is 21.9 Å². The molecule has 0 bridgehead atoms. The molecule has 1 aromatic heterocycles. The maximum atomic E-state index is 4.18. The second-order valence-electron chi connectivity index (χ2n) is 5.35. The second kappa shape index (κ2) is 6.51. The topological polar surface area (TPSA) is 24.9 Å². The van der Waals surface area contributed by atoms with E-state index in [0.29, 0.717) is 6.04 Å². The van der Waals surface area contributed by atoms with Gasteiger partial charge < -0.3 is 5.32 Å². The number of hydrogen-bond acceptors (Lipinski definition) is 2. The summed E-state index contributed by atoms with van der Waals surface area (Å²) in [4.78, 5) is 4.18. The zero-order chi connectivity index (χ0) is 14.5. The van der Waals surface area contributed by atoms with Gasteiger partial charge in [-0.05, 0) is 53.9 Å². The summed E-state index contributed by atoms with van der Waals surface area (Å²) >= 11 is 0. The number of rotatable bonds is 5. The summed E-state index contributed by atoms with van der Waals surface area (Å²) in [6.45, 7) is 0. The highest BCUT2D eigenvalue weighted by Crippen LogP contribution is 2.23. The van der Waals surface area contributed by atoms with E-state index in [0.717, 1.165) is 12.8 Å². The molecule has 2 aromatic carbocycles. The lowest BCUT2D eigenvalue weighted by Crippen LogP contribution is -2.17. The van der Waals surface area contributed by atoms with E-state index in [-0.39, 0.29) is 0 Å². The Balaban J connectivity index is 1.78. The smallest absolute Gasteiger partial charge is 0.0320 e. The highest BCUT2D eigenvalue weighted by molar-refractivity contribution is 5.83. The first-order valence-electron chi connectivity index (χ1n) is 7.41. The second-order valence-corrected chi connectivity index (χ2v) is 5.35. The molecule has 0 fully saturated rings. The van der Waals surface area contributed by atoms with Crippen LogP contribution in [0.1, 0.15) is 23.6 Å². The van der Waals surface area contributed by atoms with Crippen molar-refractivity contribution in [1.29, 1.82) is 0 Å². The highest BCUT2D eigenvalue weighted by Gasteiger charge is 2.10. The molecule has 0 radical (unpaired) electrons. The molecular weight excluding hydrogens is 256 g/mol. The van der Waals surface area contributed by atoms with Crippen molar-refractivity contribution in [2.24, 2.45) is 0 Å². The molecule has 0 amide bonds. The van der Waals surface area contributed by atoms with Crippen LogP contribution in [0.3, 0.4) is 0 Å². The van der Waals surface area contributed by atoms with Crippen LogP contribution in [-0.2, 0) is 6.42 Å². The third kappa shape index (κ3) is 3.29. The molecule has 0 spiro atoms. The first kappa shape index (κ1) is 13.8. The minimum atomic E-state index is 0.370. The van der Waals surface area contributed by atoms with Gasteiger partial charge in [0.05, 0.1) is 0 Å². The van der Waals surface area contributed by atoms with E-state index in [1.54, 1.807) is 0 Å². The van der Waals surface area contributed by atoms with Crippen molar-refractivity contribution in [3.8, 4) is 0 Å². The molecule has 1 N–H and O–H groups in total. The molecule has 21 heavy (non-hydrogen) atoms. The van der Waals surface area contributed by atoms with Gasteiger partial charge in [-0.3, -0.25) is 4.98 Å². The third-order valence-electron chi connectivity index (χ3n) is 3.97. The van der Waals surface area contributed by atoms with Gasteiger partial charge in [-0.15, -0.1) is 0 Å². The van der Waals surface area contributed by atoms with Gasteiger partial charge in [-0.25, -0.2) is 0 Å². The lowest BCUT2D eigenvalue weighted by molar-refractivity contribution is 0.549. The molecule has 0 saturated heterocycles. The highest BCUT2D eigenvalue weighted by atomic mass is 14.9. The fourth-order valence-electron chi connectivity index (χ4n) is 2.76. The molecule has 1 unspecified atom stereocenters. The minimum absolute atomic E-state index is 0.370. The summed E-state index contributed by atoms with van der Waals surface area (Å²) in [6, 6.07) is 19.7. The lowest BCUT2D eigenvalue weighted by atomic mass is 9.97. The van der Waals surface area contributed by atoms with E-state index in [2.05, 4.69) is 58.8 Å². The van der Waals surface area contributed by atoms with Crippen molar-refractivity contribution in [1.82, 2.24) is 10.3 Å². The molecule has 0 aliphatic carbocycles. The largest absolute Gasteiger partial charge is 0.313 e. The summed E-state index contributed by atoms with van der Waals surface area (Å²) in [7, 11) is 2.03. The fourth-order valence-corrected chi connectivity index (χ4v) is 2.76. The van der Waals surface area contributed by atoms with E-state index in [9.17, 15) is 0 Å². The molecule has 3 aromatic rings. The number of fused-ring (bicyclic) bond motifs is 1. The molecule has 2 nitrogen and oxygen atoms in total. The van der Waals surface area contributed by atoms with Crippen molar-refractivity contribution in [3.63, 3.8) is 0 Å². The van der Waals surface area contributed by atoms with Gasteiger partial charge in [0.2, 0.25) is 0 Å². The summed E-state index contributed by atoms with van der Waals surface area (Å²) in [6.07, 6.45) is 5.88. The third-order valence-corrected chi connectivity index (χ3v) is 3.97. The molecule has 1 atom stereocenters. The van der Waals surface area contributed by atoms with Crippen LogP contribution in [0.2, 0.25) is 0 Å². The van der Waals surface area contributed by atoms with E-state index < -0.39 is 0 Å². The number of benzene rings is 2. The molecule has 0 aliphatic rings. The van der Waals surface area contributed by atoms with Crippen molar-refractivity contribution in [2.45, 2.75) is 18.9 Å². The van der Waals surface area contributed by atoms with Crippen LogP contribution in [0.15, 0.2) is 67.0 Å². The molecule has 0 aliphatic heterocycles. The number of aryl methyl sites for hydroxylation is 1. The van der Waals surface area contributed by atoms with Gasteiger partial charge in [0.25, 0.3) is 0 Å². The quantitative estimate of drug-likeness (QED) is 0.758. The summed E-state index contributed by atoms with van der Waals surface area (Å²) in [5, 5.41) is 6.03. The SMILES string of the molecule is CNC(CCc1cccnc1)c1ccc2ccccc2c1. The standard InChI is InChI=1S/C19H20N2/c1-20-19(11-8-15-5-4-12-21-14-15)18-10-9-16-6-2-3-7-17(16)13-18/h2-7,9-10,12-14,19-20H,8,11H2,1H3. The Bertz CT molecular complexity index is 707. The molecular formula is C19H20N2. The van der Waals surface area contributed by atoms with Crippen LogP contribution in [-0.4, -0.2) is 12.0 Å². The Labute approximate surface area is 125 Å². The zero-order valence-corrected chi connectivity index (χ0v) is 12.3. The number of hydrogen-bond donors (Lipinski definition) is 1. The van der Waals surface area contributed by atoms with Crippen molar-refractivity contribution < 1.29 is 0 Å². The number of nitrogens with zero attached hydrogens (tertiary/aromatic N) is 1. The molecule has 3 rings (SSSR count). The normalized spacial score (nSPS) is 12.4. The average molecular weight is 276 g/mol. The maximum absolute atomic E-state index is 4.18. The van der Waals surface area contributed by atoms with Crippen LogP contribution in [0, 0.1) is 0 Å². The van der Waals surface area contributed by atoms with Gasteiger partial charge in [0.15, 0.2) is 0 Å². The van der Waals surface area contributed by atoms with E-state index >= 15 is 0 Å². The Morgan fingerprint density at radius 3 is 2.62 bits per heavy atom. The van der Waals surface area contributed by atoms with Crippen molar-refractivity contribution >= 4 is 10.8 Å². The number of nitrogens with one attached hydrogen (secondary N) is 1. The summed E-state index contributed by atoms with van der Waals surface area (Å²) in [5.41, 5.74) is 2.64.